The molecule has 1 N–H and O–H groups in total. The minimum atomic E-state index is 0.430. The fourth-order valence-electron chi connectivity index (χ4n) is 1.37. The second-order valence-corrected chi connectivity index (χ2v) is 3.43. The summed E-state index contributed by atoms with van der Waals surface area (Å²) in [6, 6.07) is 0. The Morgan fingerprint density at radius 3 is 1.93 bits per heavy atom. The molecule has 0 unspecified atom stereocenters. The molecule has 1 aliphatic heterocycles. The average Bonchev–Trinajstić information content (AvgIpc) is 2.21. The fourth-order valence-corrected chi connectivity index (χ4v) is 1.37. The molecule has 1 fully saturated rings. The van der Waals surface area contributed by atoms with Crippen molar-refractivity contribution in [3.63, 3.8) is 0 Å². The summed E-state index contributed by atoms with van der Waals surface area (Å²) < 4.78 is 0. The lowest BCUT2D eigenvalue weighted by atomic mass is 10.1. The van der Waals surface area contributed by atoms with Crippen molar-refractivity contribution in [3.8, 4) is 0 Å². The van der Waals surface area contributed by atoms with E-state index in [1.54, 1.807) is 0 Å². The molecule has 1 heterocycles. The molecule has 1 saturated heterocycles. The average molecular weight is 200 g/mol. The highest BCUT2D eigenvalue weighted by Crippen LogP contribution is 2.03. The van der Waals surface area contributed by atoms with Crippen LogP contribution in [0.2, 0.25) is 0 Å². The van der Waals surface area contributed by atoms with E-state index in [1.165, 1.54) is 0 Å². The monoisotopic (exact) mass is 200 g/mol. The van der Waals surface area contributed by atoms with Crippen molar-refractivity contribution < 1.29 is 4.79 Å². The van der Waals surface area contributed by atoms with Gasteiger partial charge in [0.25, 0.3) is 0 Å². The molecular weight excluding hydrogens is 176 g/mol. The van der Waals surface area contributed by atoms with E-state index in [0.29, 0.717) is 5.78 Å². The maximum atomic E-state index is 10.7. The summed E-state index contributed by atoms with van der Waals surface area (Å²) in [5.74, 6) is 0.430. The Morgan fingerprint density at radius 1 is 1.14 bits per heavy atom. The molecule has 1 aliphatic rings. The van der Waals surface area contributed by atoms with Crippen LogP contribution < -0.4 is 5.32 Å². The fraction of sp³-hybridized carbons (Fsp3) is 0.909. The standard InChI is InChI=1S/C7H13NO.C4H11N/c1-2-8-5-3-7(9)4-6-8;1-3-5-4-2/h2-6H2,1H3;5H,3-4H2,1-2H3. The molecule has 3 nitrogen and oxygen atoms in total. The summed E-state index contributed by atoms with van der Waals surface area (Å²) in [6.45, 7) is 11.6. The molecule has 0 aromatic heterocycles. The Balaban J connectivity index is 0.000000292. The lowest BCUT2D eigenvalue weighted by Crippen LogP contribution is -2.33. The van der Waals surface area contributed by atoms with E-state index in [2.05, 4.69) is 31.0 Å². The summed E-state index contributed by atoms with van der Waals surface area (Å²) in [7, 11) is 0. The number of hydrogen-bond acceptors (Lipinski definition) is 3. The quantitative estimate of drug-likeness (QED) is 0.745. The van der Waals surface area contributed by atoms with Crippen molar-refractivity contribution in [2.24, 2.45) is 0 Å². The molecule has 14 heavy (non-hydrogen) atoms. The first-order valence-corrected chi connectivity index (χ1v) is 5.69. The lowest BCUT2D eigenvalue weighted by Gasteiger charge is -2.23. The van der Waals surface area contributed by atoms with E-state index in [0.717, 1.165) is 45.6 Å². The predicted molar refractivity (Wildman–Crippen MR) is 60.6 cm³/mol. The second-order valence-electron chi connectivity index (χ2n) is 3.43. The number of nitrogens with zero attached hydrogens (tertiary/aromatic N) is 1. The van der Waals surface area contributed by atoms with Crippen molar-refractivity contribution in [2.75, 3.05) is 32.7 Å². The third kappa shape index (κ3) is 7.04. The number of carbonyl (C=O) groups is 1. The topological polar surface area (TPSA) is 32.3 Å². The summed E-state index contributed by atoms with van der Waals surface area (Å²) in [6.07, 6.45) is 1.54. The van der Waals surface area contributed by atoms with Crippen LogP contribution >= 0.6 is 0 Å². The molecule has 0 aromatic carbocycles. The maximum Gasteiger partial charge on any atom is 0.135 e. The van der Waals surface area contributed by atoms with Crippen LogP contribution in [0.3, 0.4) is 0 Å². The number of ketones is 1. The Bertz CT molecular complexity index is 136. The van der Waals surface area contributed by atoms with Crippen LogP contribution in [0.25, 0.3) is 0 Å². The Morgan fingerprint density at radius 2 is 1.64 bits per heavy atom. The first kappa shape index (κ1) is 13.6. The third-order valence-corrected chi connectivity index (χ3v) is 2.36. The van der Waals surface area contributed by atoms with Crippen LogP contribution in [0.15, 0.2) is 0 Å². The zero-order valence-electron chi connectivity index (χ0n) is 9.81. The molecule has 1 rings (SSSR count). The van der Waals surface area contributed by atoms with Gasteiger partial charge in [-0.25, -0.2) is 0 Å². The molecule has 3 heteroatoms. The Labute approximate surface area is 87.9 Å². The normalized spacial score (nSPS) is 17.5. The van der Waals surface area contributed by atoms with Gasteiger partial charge in [0.2, 0.25) is 0 Å². The second kappa shape index (κ2) is 9.16. The molecule has 0 aromatic rings. The van der Waals surface area contributed by atoms with Crippen molar-refractivity contribution in [1.82, 2.24) is 10.2 Å². The van der Waals surface area contributed by atoms with Gasteiger partial charge in [0.15, 0.2) is 0 Å². The largest absolute Gasteiger partial charge is 0.317 e. The molecule has 0 radical (unpaired) electrons. The van der Waals surface area contributed by atoms with Crippen molar-refractivity contribution in [3.05, 3.63) is 0 Å². The molecular formula is C11H24N2O. The number of piperidine rings is 1. The predicted octanol–water partition coefficient (Wildman–Crippen LogP) is 1.29. The van der Waals surface area contributed by atoms with Crippen molar-refractivity contribution >= 4 is 5.78 Å². The molecule has 0 spiro atoms. The molecule has 84 valence electrons. The zero-order valence-corrected chi connectivity index (χ0v) is 9.81. The van der Waals surface area contributed by atoms with Gasteiger partial charge >= 0.3 is 0 Å². The van der Waals surface area contributed by atoms with Crippen LogP contribution in [0, 0.1) is 0 Å². The molecule has 0 bridgehead atoms. The molecule has 0 atom stereocenters. The van der Waals surface area contributed by atoms with Crippen LogP contribution in [-0.2, 0) is 4.79 Å². The van der Waals surface area contributed by atoms with Crippen molar-refractivity contribution in [2.45, 2.75) is 33.6 Å². The molecule has 0 aliphatic carbocycles. The van der Waals surface area contributed by atoms with Gasteiger partial charge in [-0.05, 0) is 19.6 Å². The highest BCUT2D eigenvalue weighted by atomic mass is 16.1. The van der Waals surface area contributed by atoms with Gasteiger partial charge in [0, 0.05) is 25.9 Å². The number of nitrogens with one attached hydrogen (secondary N) is 1. The van der Waals surface area contributed by atoms with E-state index < -0.39 is 0 Å². The summed E-state index contributed by atoms with van der Waals surface area (Å²) >= 11 is 0. The number of carbonyl (C=O) groups excluding carboxylic acids is 1. The zero-order chi connectivity index (χ0) is 10.8. The number of hydrogen-bond donors (Lipinski definition) is 1. The number of Topliss-reactive ketones (excluding diaryl/α,β-unsaturated/α-hetero) is 1. The van der Waals surface area contributed by atoms with Crippen molar-refractivity contribution in [1.29, 1.82) is 0 Å². The minimum Gasteiger partial charge on any atom is -0.317 e. The van der Waals surface area contributed by atoms with E-state index in [9.17, 15) is 4.79 Å². The smallest absolute Gasteiger partial charge is 0.135 e. The van der Waals surface area contributed by atoms with Gasteiger partial charge < -0.3 is 10.2 Å². The van der Waals surface area contributed by atoms with Gasteiger partial charge in [0.1, 0.15) is 5.78 Å². The van der Waals surface area contributed by atoms with Crippen LogP contribution in [0.4, 0.5) is 0 Å². The summed E-state index contributed by atoms with van der Waals surface area (Å²) in [5, 5.41) is 3.11. The molecule has 0 saturated carbocycles. The van der Waals surface area contributed by atoms with Gasteiger partial charge in [-0.2, -0.15) is 0 Å². The van der Waals surface area contributed by atoms with Crippen LogP contribution in [0.5, 0.6) is 0 Å². The van der Waals surface area contributed by atoms with Gasteiger partial charge in [-0.3, -0.25) is 4.79 Å². The Kier molecular flexibility index (Phi) is 8.89. The first-order chi connectivity index (χ1) is 6.74. The third-order valence-electron chi connectivity index (χ3n) is 2.36. The minimum absolute atomic E-state index is 0.430. The van der Waals surface area contributed by atoms with E-state index >= 15 is 0 Å². The van der Waals surface area contributed by atoms with E-state index in [-0.39, 0.29) is 0 Å². The number of rotatable bonds is 3. The van der Waals surface area contributed by atoms with Gasteiger partial charge in [0.05, 0.1) is 0 Å². The lowest BCUT2D eigenvalue weighted by molar-refractivity contribution is -0.121. The SMILES string of the molecule is CCN1CCC(=O)CC1.CCNCC. The highest BCUT2D eigenvalue weighted by molar-refractivity contribution is 5.79. The van der Waals surface area contributed by atoms with Crippen LogP contribution in [-0.4, -0.2) is 43.4 Å². The highest BCUT2D eigenvalue weighted by Gasteiger charge is 2.13. The Hall–Kier alpha value is -0.410. The summed E-state index contributed by atoms with van der Waals surface area (Å²) in [5.41, 5.74) is 0. The number of likely N-dealkylation sites (tertiary alicyclic amines) is 1. The van der Waals surface area contributed by atoms with Gasteiger partial charge in [-0.1, -0.05) is 20.8 Å². The van der Waals surface area contributed by atoms with E-state index in [1.807, 2.05) is 0 Å². The molecule has 0 amide bonds. The van der Waals surface area contributed by atoms with Gasteiger partial charge in [-0.15, -0.1) is 0 Å². The van der Waals surface area contributed by atoms with Crippen LogP contribution in [0.1, 0.15) is 33.6 Å². The van der Waals surface area contributed by atoms with E-state index in [4.69, 9.17) is 0 Å². The summed E-state index contributed by atoms with van der Waals surface area (Å²) in [4.78, 5) is 13.0. The maximum absolute atomic E-state index is 10.7. The first-order valence-electron chi connectivity index (χ1n) is 5.69.